The average molecular weight is 367 g/mol. The molecule has 11 heteroatoms. The SMILES string of the molecule is CC(=O)N[C@H]1C(O)[C@@H](OC2O[C@@H](C)C(O)[C@H](O)[C@H]2O)C(CO)O[C@H]1O. The zero-order chi connectivity index (χ0) is 18.9. The molecule has 0 aromatic carbocycles. The number of aliphatic hydroxyl groups excluding tert-OH is 6. The first-order chi connectivity index (χ1) is 11.7. The van der Waals surface area contributed by atoms with Crippen molar-refractivity contribution < 1.29 is 49.6 Å². The van der Waals surface area contributed by atoms with Gasteiger partial charge >= 0.3 is 0 Å². The van der Waals surface area contributed by atoms with E-state index >= 15 is 0 Å². The Morgan fingerprint density at radius 1 is 1.04 bits per heavy atom. The van der Waals surface area contributed by atoms with Gasteiger partial charge < -0.3 is 50.2 Å². The van der Waals surface area contributed by atoms with E-state index in [0.717, 1.165) is 0 Å². The van der Waals surface area contributed by atoms with Crippen molar-refractivity contribution in [2.45, 2.75) is 75.2 Å². The molecule has 7 N–H and O–H groups in total. The highest BCUT2D eigenvalue weighted by molar-refractivity contribution is 5.73. The first-order valence-corrected chi connectivity index (χ1v) is 7.92. The first kappa shape index (κ1) is 20.4. The van der Waals surface area contributed by atoms with Gasteiger partial charge in [-0.3, -0.25) is 4.79 Å². The molecule has 1 amide bonds. The summed E-state index contributed by atoms with van der Waals surface area (Å²) >= 11 is 0. The van der Waals surface area contributed by atoms with E-state index in [9.17, 15) is 35.4 Å². The lowest BCUT2D eigenvalue weighted by molar-refractivity contribution is -0.341. The van der Waals surface area contributed by atoms with Crippen molar-refractivity contribution in [1.29, 1.82) is 0 Å². The number of aliphatic hydroxyl groups is 6. The number of nitrogens with one attached hydrogen (secondary N) is 1. The maximum Gasteiger partial charge on any atom is 0.217 e. The second-order valence-corrected chi connectivity index (χ2v) is 6.25. The fraction of sp³-hybridized carbons (Fsp3) is 0.929. The Kier molecular flexibility index (Phi) is 6.70. The first-order valence-electron chi connectivity index (χ1n) is 7.92. The van der Waals surface area contributed by atoms with Crippen molar-refractivity contribution in [1.82, 2.24) is 5.32 Å². The van der Waals surface area contributed by atoms with Gasteiger partial charge in [0.25, 0.3) is 0 Å². The molecule has 2 saturated heterocycles. The molecule has 2 rings (SSSR count). The van der Waals surface area contributed by atoms with E-state index in [4.69, 9.17) is 14.2 Å². The third-order valence-corrected chi connectivity index (χ3v) is 4.34. The van der Waals surface area contributed by atoms with Crippen molar-refractivity contribution in [3.05, 3.63) is 0 Å². The van der Waals surface area contributed by atoms with Crippen molar-refractivity contribution in [3.63, 3.8) is 0 Å². The van der Waals surface area contributed by atoms with Crippen LogP contribution in [-0.4, -0.2) is 105 Å². The van der Waals surface area contributed by atoms with Crippen molar-refractivity contribution in [2.24, 2.45) is 0 Å². The number of carbonyl (C=O) groups excluding carboxylic acids is 1. The number of hydrogen-bond donors (Lipinski definition) is 7. The van der Waals surface area contributed by atoms with E-state index in [1.165, 1.54) is 13.8 Å². The second-order valence-electron chi connectivity index (χ2n) is 6.25. The largest absolute Gasteiger partial charge is 0.394 e. The van der Waals surface area contributed by atoms with Crippen molar-refractivity contribution in [2.75, 3.05) is 6.61 Å². The predicted molar refractivity (Wildman–Crippen MR) is 78.8 cm³/mol. The van der Waals surface area contributed by atoms with Crippen LogP contribution in [0.4, 0.5) is 0 Å². The van der Waals surface area contributed by atoms with Gasteiger partial charge in [-0.1, -0.05) is 0 Å². The molecule has 0 saturated carbocycles. The van der Waals surface area contributed by atoms with Gasteiger partial charge in [0.1, 0.15) is 42.7 Å². The van der Waals surface area contributed by atoms with Crippen molar-refractivity contribution in [3.8, 4) is 0 Å². The molecule has 2 heterocycles. The minimum absolute atomic E-state index is 0.533. The molecule has 25 heavy (non-hydrogen) atoms. The average Bonchev–Trinajstić information content (AvgIpc) is 2.56. The third-order valence-electron chi connectivity index (χ3n) is 4.34. The quantitative estimate of drug-likeness (QED) is 0.257. The third kappa shape index (κ3) is 4.27. The van der Waals surface area contributed by atoms with Crippen LogP contribution in [0.1, 0.15) is 13.8 Å². The van der Waals surface area contributed by atoms with Crippen LogP contribution in [0.3, 0.4) is 0 Å². The summed E-state index contributed by atoms with van der Waals surface area (Å²) in [6.45, 7) is 2.01. The number of rotatable bonds is 4. The lowest BCUT2D eigenvalue weighted by atomic mass is 9.95. The molecule has 0 spiro atoms. The Morgan fingerprint density at radius 3 is 2.24 bits per heavy atom. The van der Waals surface area contributed by atoms with E-state index < -0.39 is 73.9 Å². The summed E-state index contributed by atoms with van der Waals surface area (Å²) in [5.74, 6) is -0.533. The van der Waals surface area contributed by atoms with Gasteiger partial charge in [0.15, 0.2) is 12.6 Å². The van der Waals surface area contributed by atoms with E-state index in [2.05, 4.69) is 5.32 Å². The van der Waals surface area contributed by atoms with Crippen LogP contribution in [0.25, 0.3) is 0 Å². The molecular formula is C14H25NO10. The summed E-state index contributed by atoms with van der Waals surface area (Å²) < 4.78 is 15.9. The Balaban J connectivity index is 2.15. The molecule has 146 valence electrons. The Morgan fingerprint density at radius 2 is 1.68 bits per heavy atom. The molecule has 0 aromatic rings. The van der Waals surface area contributed by atoms with E-state index in [1.54, 1.807) is 0 Å². The minimum Gasteiger partial charge on any atom is -0.394 e. The lowest BCUT2D eigenvalue weighted by Gasteiger charge is -2.46. The summed E-state index contributed by atoms with van der Waals surface area (Å²) in [5.41, 5.74) is 0. The highest BCUT2D eigenvalue weighted by atomic mass is 16.7. The predicted octanol–water partition coefficient (Wildman–Crippen LogP) is -4.23. The zero-order valence-electron chi connectivity index (χ0n) is 13.8. The number of carbonyl (C=O) groups is 1. The van der Waals surface area contributed by atoms with Gasteiger partial charge in [-0.25, -0.2) is 0 Å². The van der Waals surface area contributed by atoms with Gasteiger partial charge in [-0.05, 0) is 6.92 Å². The molecule has 0 aromatic heterocycles. The van der Waals surface area contributed by atoms with Gasteiger partial charge in [-0.2, -0.15) is 0 Å². The van der Waals surface area contributed by atoms with Crippen LogP contribution in [0.2, 0.25) is 0 Å². The minimum atomic E-state index is -1.62. The highest BCUT2D eigenvalue weighted by Crippen LogP contribution is 2.28. The fourth-order valence-corrected chi connectivity index (χ4v) is 2.92. The van der Waals surface area contributed by atoms with Crippen LogP contribution < -0.4 is 5.32 Å². The molecular weight excluding hydrogens is 342 g/mol. The van der Waals surface area contributed by atoms with E-state index in [0.29, 0.717) is 0 Å². The second kappa shape index (κ2) is 8.20. The number of ether oxygens (including phenoxy) is 3. The summed E-state index contributed by atoms with van der Waals surface area (Å²) in [7, 11) is 0. The normalized spacial score (nSPS) is 48.2. The van der Waals surface area contributed by atoms with Crippen LogP contribution in [-0.2, 0) is 19.0 Å². The number of amides is 1. The maximum atomic E-state index is 11.2. The Hall–Kier alpha value is -0.890. The smallest absolute Gasteiger partial charge is 0.217 e. The topological polar surface area (TPSA) is 178 Å². The highest BCUT2D eigenvalue weighted by Gasteiger charge is 2.50. The zero-order valence-corrected chi connectivity index (χ0v) is 13.8. The van der Waals surface area contributed by atoms with Crippen molar-refractivity contribution >= 4 is 5.91 Å². The molecule has 2 fully saturated rings. The Labute approximate surface area is 143 Å². The van der Waals surface area contributed by atoms with Gasteiger partial charge in [-0.15, -0.1) is 0 Å². The standard InChI is InChI=1S/C14H25NO10/c1-4-8(18)10(20)11(21)14(23-4)25-12-6(3-16)24-13(22)7(9(12)19)15-5(2)17/h4,6-14,16,18-22H,3H2,1-2H3,(H,15,17)/t4-,6?,7-,8?,9?,10-,11+,12-,13+,14?/m0/s1. The summed E-state index contributed by atoms with van der Waals surface area (Å²) in [6, 6.07) is -1.24. The molecule has 0 aliphatic carbocycles. The van der Waals surface area contributed by atoms with Crippen LogP contribution in [0.15, 0.2) is 0 Å². The molecule has 0 radical (unpaired) electrons. The molecule has 0 bridgehead atoms. The fourth-order valence-electron chi connectivity index (χ4n) is 2.92. The van der Waals surface area contributed by atoms with Gasteiger partial charge in [0.05, 0.1) is 12.7 Å². The Bertz CT molecular complexity index is 465. The van der Waals surface area contributed by atoms with Crippen LogP contribution >= 0.6 is 0 Å². The molecule has 2 aliphatic rings. The van der Waals surface area contributed by atoms with Crippen LogP contribution in [0.5, 0.6) is 0 Å². The summed E-state index contributed by atoms with van der Waals surface area (Å²) in [5, 5.41) is 61.5. The summed E-state index contributed by atoms with van der Waals surface area (Å²) in [6.07, 6.45) is -12.3. The number of hydrogen-bond acceptors (Lipinski definition) is 10. The molecule has 11 nitrogen and oxygen atoms in total. The maximum absolute atomic E-state index is 11.2. The monoisotopic (exact) mass is 367 g/mol. The van der Waals surface area contributed by atoms with Gasteiger partial charge in [0, 0.05) is 6.92 Å². The van der Waals surface area contributed by atoms with Crippen LogP contribution in [0, 0.1) is 0 Å². The lowest BCUT2D eigenvalue weighted by Crippen LogP contribution is -2.66. The van der Waals surface area contributed by atoms with E-state index in [1.807, 2.05) is 0 Å². The van der Waals surface area contributed by atoms with E-state index in [-0.39, 0.29) is 0 Å². The van der Waals surface area contributed by atoms with Gasteiger partial charge in [0.2, 0.25) is 5.91 Å². The summed E-state index contributed by atoms with van der Waals surface area (Å²) in [4.78, 5) is 11.2. The molecule has 4 unspecified atom stereocenters. The molecule has 10 atom stereocenters. The molecule has 2 aliphatic heterocycles.